The van der Waals surface area contributed by atoms with Gasteiger partial charge in [-0.1, -0.05) is 54.4 Å². The van der Waals surface area contributed by atoms with Gasteiger partial charge in [-0.2, -0.15) is 0 Å². The number of rotatable bonds is 5. The fourth-order valence-electron chi connectivity index (χ4n) is 1.52. The van der Waals surface area contributed by atoms with E-state index >= 15 is 0 Å². The molecular formula is C12H25. The first kappa shape index (κ1) is 12.0. The Balaban J connectivity index is 4.02. The summed E-state index contributed by atoms with van der Waals surface area (Å²) in [6.45, 7) is 15.6. The highest BCUT2D eigenvalue weighted by Crippen LogP contribution is 2.35. The molecule has 12 heavy (non-hydrogen) atoms. The molecule has 1 radical (unpaired) electrons. The molecule has 0 bridgehead atoms. The maximum Gasteiger partial charge on any atom is -0.0328 e. The molecule has 73 valence electrons. The molecule has 0 nitrogen and oxygen atoms in total. The van der Waals surface area contributed by atoms with E-state index in [9.17, 15) is 0 Å². The van der Waals surface area contributed by atoms with Crippen LogP contribution in [0.5, 0.6) is 0 Å². The zero-order valence-corrected chi connectivity index (χ0v) is 9.48. The molecule has 0 spiro atoms. The Morgan fingerprint density at radius 2 is 1.58 bits per heavy atom. The lowest BCUT2D eigenvalue weighted by atomic mass is 9.74. The molecule has 0 fully saturated rings. The molecule has 2 atom stereocenters. The van der Waals surface area contributed by atoms with Crippen LogP contribution in [0.1, 0.15) is 53.9 Å². The fraction of sp³-hybridized carbons (Fsp3) is 0.917. The second kappa shape index (κ2) is 4.89. The molecule has 0 N–H and O–H groups in total. The van der Waals surface area contributed by atoms with Gasteiger partial charge in [0.05, 0.1) is 0 Å². The summed E-state index contributed by atoms with van der Waals surface area (Å²) in [7, 11) is 0. The minimum atomic E-state index is 0.547. The van der Waals surface area contributed by atoms with Gasteiger partial charge in [-0.25, -0.2) is 0 Å². The first-order valence-corrected chi connectivity index (χ1v) is 5.28. The van der Waals surface area contributed by atoms with Crippen LogP contribution in [-0.2, 0) is 0 Å². The van der Waals surface area contributed by atoms with Crippen molar-refractivity contribution in [2.24, 2.45) is 17.3 Å². The second-order valence-corrected chi connectivity index (χ2v) is 4.68. The van der Waals surface area contributed by atoms with Gasteiger partial charge in [0.15, 0.2) is 0 Å². The van der Waals surface area contributed by atoms with E-state index in [4.69, 9.17) is 0 Å². The van der Waals surface area contributed by atoms with Crippen molar-refractivity contribution in [3.8, 4) is 0 Å². The van der Waals surface area contributed by atoms with E-state index in [0.717, 1.165) is 5.92 Å². The Morgan fingerprint density at radius 1 is 1.17 bits per heavy atom. The summed E-state index contributed by atoms with van der Waals surface area (Å²) in [6, 6.07) is 0. The van der Waals surface area contributed by atoms with Crippen LogP contribution in [0.4, 0.5) is 0 Å². The SMILES string of the molecule is [CH2]C(C)C(C)CC(C)(CC)CC. The third kappa shape index (κ3) is 3.60. The van der Waals surface area contributed by atoms with Gasteiger partial charge in [0.2, 0.25) is 0 Å². The van der Waals surface area contributed by atoms with Gasteiger partial charge in [0.1, 0.15) is 0 Å². The van der Waals surface area contributed by atoms with E-state index in [1.54, 1.807) is 0 Å². The summed E-state index contributed by atoms with van der Waals surface area (Å²) < 4.78 is 0. The Labute approximate surface area is 78.8 Å². The van der Waals surface area contributed by atoms with Gasteiger partial charge in [0, 0.05) is 0 Å². The maximum atomic E-state index is 4.09. The minimum Gasteiger partial charge on any atom is -0.0649 e. The second-order valence-electron chi connectivity index (χ2n) is 4.68. The number of hydrogen-bond acceptors (Lipinski definition) is 0. The first-order chi connectivity index (χ1) is 5.45. The van der Waals surface area contributed by atoms with Crippen molar-refractivity contribution in [2.75, 3.05) is 0 Å². The van der Waals surface area contributed by atoms with E-state index < -0.39 is 0 Å². The Bertz CT molecular complexity index is 109. The summed E-state index contributed by atoms with van der Waals surface area (Å²) in [5, 5.41) is 0. The Hall–Kier alpha value is 0. The summed E-state index contributed by atoms with van der Waals surface area (Å²) in [6.07, 6.45) is 3.91. The van der Waals surface area contributed by atoms with Crippen LogP contribution in [-0.4, -0.2) is 0 Å². The van der Waals surface area contributed by atoms with E-state index in [-0.39, 0.29) is 0 Å². The van der Waals surface area contributed by atoms with Crippen molar-refractivity contribution in [3.05, 3.63) is 6.92 Å². The molecule has 0 heterocycles. The molecule has 2 unspecified atom stereocenters. The number of hydrogen-bond donors (Lipinski definition) is 0. The van der Waals surface area contributed by atoms with Gasteiger partial charge < -0.3 is 0 Å². The molecule has 0 aromatic rings. The Morgan fingerprint density at radius 3 is 1.83 bits per heavy atom. The molecular weight excluding hydrogens is 144 g/mol. The largest absolute Gasteiger partial charge is 0.0649 e. The third-order valence-electron chi connectivity index (χ3n) is 3.49. The predicted molar refractivity (Wildman–Crippen MR) is 57.0 cm³/mol. The summed E-state index contributed by atoms with van der Waals surface area (Å²) in [4.78, 5) is 0. The molecule has 0 saturated carbocycles. The van der Waals surface area contributed by atoms with Crippen molar-refractivity contribution >= 4 is 0 Å². The molecule has 0 heteroatoms. The van der Waals surface area contributed by atoms with Crippen LogP contribution >= 0.6 is 0 Å². The van der Waals surface area contributed by atoms with Crippen LogP contribution < -0.4 is 0 Å². The van der Waals surface area contributed by atoms with E-state index in [0.29, 0.717) is 11.3 Å². The summed E-state index contributed by atoms with van der Waals surface area (Å²) >= 11 is 0. The van der Waals surface area contributed by atoms with Gasteiger partial charge in [-0.05, 0) is 23.7 Å². The Kier molecular flexibility index (Phi) is 4.89. The zero-order chi connectivity index (χ0) is 9.78. The highest BCUT2D eigenvalue weighted by molar-refractivity contribution is 4.76. The van der Waals surface area contributed by atoms with Crippen molar-refractivity contribution < 1.29 is 0 Å². The molecule has 0 aliphatic carbocycles. The van der Waals surface area contributed by atoms with E-state index in [2.05, 4.69) is 41.5 Å². The topological polar surface area (TPSA) is 0 Å². The molecule has 0 amide bonds. The maximum absolute atomic E-state index is 4.09. The molecule has 0 aromatic carbocycles. The van der Waals surface area contributed by atoms with Crippen LogP contribution in [0.3, 0.4) is 0 Å². The van der Waals surface area contributed by atoms with Crippen molar-refractivity contribution in [2.45, 2.75) is 53.9 Å². The van der Waals surface area contributed by atoms with Crippen LogP contribution in [0.15, 0.2) is 0 Å². The van der Waals surface area contributed by atoms with Gasteiger partial charge >= 0.3 is 0 Å². The lowest BCUT2D eigenvalue weighted by Crippen LogP contribution is -2.20. The third-order valence-corrected chi connectivity index (χ3v) is 3.49. The molecule has 0 aromatic heterocycles. The lowest BCUT2D eigenvalue weighted by molar-refractivity contribution is 0.207. The fourth-order valence-corrected chi connectivity index (χ4v) is 1.52. The van der Waals surface area contributed by atoms with Crippen molar-refractivity contribution in [3.63, 3.8) is 0 Å². The summed E-state index contributed by atoms with van der Waals surface area (Å²) in [5.41, 5.74) is 0.547. The molecule has 0 aliphatic rings. The highest BCUT2D eigenvalue weighted by Gasteiger charge is 2.23. The van der Waals surface area contributed by atoms with Crippen molar-refractivity contribution in [1.29, 1.82) is 0 Å². The minimum absolute atomic E-state index is 0.547. The first-order valence-electron chi connectivity index (χ1n) is 5.28. The van der Waals surface area contributed by atoms with E-state index in [1.807, 2.05) is 0 Å². The smallest absolute Gasteiger partial charge is 0.0328 e. The highest BCUT2D eigenvalue weighted by atomic mass is 14.3. The summed E-state index contributed by atoms with van der Waals surface area (Å²) in [5.74, 6) is 1.34. The molecule has 0 rings (SSSR count). The van der Waals surface area contributed by atoms with Crippen molar-refractivity contribution in [1.82, 2.24) is 0 Å². The quantitative estimate of drug-likeness (QED) is 0.575. The standard InChI is InChI=1S/C12H25/c1-7-12(6,8-2)9-11(5)10(3)4/h10-11H,3,7-9H2,1-2,4-6H3. The van der Waals surface area contributed by atoms with Crippen LogP contribution in [0, 0.1) is 24.2 Å². The monoisotopic (exact) mass is 169 g/mol. The molecule has 0 aliphatic heterocycles. The predicted octanol–water partition coefficient (Wildman–Crippen LogP) is 4.31. The van der Waals surface area contributed by atoms with Gasteiger partial charge in [-0.15, -0.1) is 0 Å². The van der Waals surface area contributed by atoms with E-state index in [1.165, 1.54) is 19.3 Å². The van der Waals surface area contributed by atoms with Gasteiger partial charge in [0.25, 0.3) is 0 Å². The average molecular weight is 169 g/mol. The van der Waals surface area contributed by atoms with Crippen LogP contribution in [0.2, 0.25) is 0 Å². The van der Waals surface area contributed by atoms with Gasteiger partial charge in [-0.3, -0.25) is 0 Å². The normalized spacial score (nSPS) is 15.2. The molecule has 0 saturated heterocycles. The lowest BCUT2D eigenvalue weighted by Gasteiger charge is -2.31. The average Bonchev–Trinajstić information content (AvgIpc) is 2.04. The van der Waals surface area contributed by atoms with Crippen LogP contribution in [0.25, 0.3) is 0 Å². The zero-order valence-electron chi connectivity index (χ0n) is 9.48.